The van der Waals surface area contributed by atoms with Crippen molar-refractivity contribution in [2.75, 3.05) is 0 Å². The van der Waals surface area contributed by atoms with Gasteiger partial charge in [-0.15, -0.1) is 0 Å². The first kappa shape index (κ1) is 11.1. The average Bonchev–Trinajstić information content (AvgIpc) is 2.02. The SMILES string of the molecule is Cc1ccnc(CC(N)C(C)(C)C)n1. The molecule has 3 nitrogen and oxygen atoms in total. The first-order chi connectivity index (χ1) is 6.39. The molecule has 0 saturated carbocycles. The van der Waals surface area contributed by atoms with Crippen LogP contribution in [0.5, 0.6) is 0 Å². The van der Waals surface area contributed by atoms with E-state index in [0.717, 1.165) is 17.9 Å². The number of aromatic nitrogens is 2. The molecule has 1 rings (SSSR count). The van der Waals surface area contributed by atoms with Crippen LogP contribution in [-0.4, -0.2) is 16.0 Å². The molecule has 0 spiro atoms. The number of hydrogen-bond acceptors (Lipinski definition) is 3. The van der Waals surface area contributed by atoms with Crippen molar-refractivity contribution in [3.8, 4) is 0 Å². The Kier molecular flexibility index (Phi) is 3.21. The molecule has 0 aliphatic heterocycles. The molecule has 0 aliphatic carbocycles. The zero-order valence-corrected chi connectivity index (χ0v) is 9.41. The number of nitrogens with zero attached hydrogens (tertiary/aromatic N) is 2. The summed E-state index contributed by atoms with van der Waals surface area (Å²) in [5.74, 6) is 0.840. The van der Waals surface area contributed by atoms with Crippen LogP contribution >= 0.6 is 0 Å². The van der Waals surface area contributed by atoms with Gasteiger partial charge in [0.2, 0.25) is 0 Å². The molecule has 0 aromatic carbocycles. The molecule has 0 saturated heterocycles. The van der Waals surface area contributed by atoms with E-state index in [1.54, 1.807) is 6.20 Å². The van der Waals surface area contributed by atoms with Crippen LogP contribution in [0.25, 0.3) is 0 Å². The molecule has 0 radical (unpaired) electrons. The summed E-state index contributed by atoms with van der Waals surface area (Å²) in [6.07, 6.45) is 2.53. The molecule has 3 heteroatoms. The van der Waals surface area contributed by atoms with E-state index in [2.05, 4.69) is 30.7 Å². The zero-order valence-electron chi connectivity index (χ0n) is 9.41. The molecule has 1 heterocycles. The number of hydrogen-bond donors (Lipinski definition) is 1. The van der Waals surface area contributed by atoms with Gasteiger partial charge in [0.05, 0.1) is 0 Å². The van der Waals surface area contributed by atoms with Crippen molar-refractivity contribution in [2.45, 2.75) is 40.2 Å². The molecule has 0 aliphatic rings. The van der Waals surface area contributed by atoms with Crippen molar-refractivity contribution >= 4 is 0 Å². The van der Waals surface area contributed by atoms with E-state index >= 15 is 0 Å². The maximum atomic E-state index is 6.05. The summed E-state index contributed by atoms with van der Waals surface area (Å²) in [7, 11) is 0. The highest BCUT2D eigenvalue weighted by Gasteiger charge is 2.21. The molecule has 1 atom stereocenters. The van der Waals surface area contributed by atoms with Crippen LogP contribution in [0.2, 0.25) is 0 Å². The lowest BCUT2D eigenvalue weighted by Crippen LogP contribution is -2.37. The van der Waals surface area contributed by atoms with Crippen molar-refractivity contribution in [3.05, 3.63) is 23.8 Å². The van der Waals surface area contributed by atoms with E-state index in [0.29, 0.717) is 0 Å². The van der Waals surface area contributed by atoms with Crippen molar-refractivity contribution in [3.63, 3.8) is 0 Å². The Hall–Kier alpha value is -0.960. The maximum absolute atomic E-state index is 6.05. The van der Waals surface area contributed by atoms with E-state index in [9.17, 15) is 0 Å². The average molecular weight is 193 g/mol. The van der Waals surface area contributed by atoms with Gasteiger partial charge in [-0.1, -0.05) is 20.8 Å². The lowest BCUT2D eigenvalue weighted by atomic mass is 9.85. The topological polar surface area (TPSA) is 51.8 Å². The molecule has 0 bridgehead atoms. The minimum atomic E-state index is 0.101. The van der Waals surface area contributed by atoms with Crippen LogP contribution in [-0.2, 0) is 6.42 Å². The van der Waals surface area contributed by atoms with Gasteiger partial charge in [0.25, 0.3) is 0 Å². The molecular weight excluding hydrogens is 174 g/mol. The van der Waals surface area contributed by atoms with Crippen LogP contribution in [0.4, 0.5) is 0 Å². The van der Waals surface area contributed by atoms with E-state index in [-0.39, 0.29) is 11.5 Å². The van der Waals surface area contributed by atoms with Crippen molar-refractivity contribution in [1.82, 2.24) is 9.97 Å². The summed E-state index contributed by atoms with van der Waals surface area (Å²) >= 11 is 0. The van der Waals surface area contributed by atoms with Gasteiger partial charge in [0.15, 0.2) is 0 Å². The van der Waals surface area contributed by atoms with Gasteiger partial charge in [-0.2, -0.15) is 0 Å². The van der Waals surface area contributed by atoms with Gasteiger partial charge in [0.1, 0.15) is 5.82 Å². The predicted octanol–water partition coefficient (Wildman–Crippen LogP) is 1.70. The van der Waals surface area contributed by atoms with E-state index in [1.807, 2.05) is 13.0 Å². The molecule has 0 fully saturated rings. The third-order valence-electron chi connectivity index (χ3n) is 2.36. The monoisotopic (exact) mass is 193 g/mol. The molecule has 14 heavy (non-hydrogen) atoms. The molecular formula is C11H19N3. The summed E-state index contributed by atoms with van der Waals surface area (Å²) in [6, 6.07) is 2.00. The fourth-order valence-corrected chi connectivity index (χ4v) is 1.10. The molecule has 78 valence electrons. The second-order valence-electron chi connectivity index (χ2n) is 4.79. The summed E-state index contributed by atoms with van der Waals surface area (Å²) in [5.41, 5.74) is 7.15. The molecule has 1 unspecified atom stereocenters. The minimum absolute atomic E-state index is 0.101. The summed E-state index contributed by atoms with van der Waals surface area (Å²) in [5, 5.41) is 0. The lowest BCUT2D eigenvalue weighted by Gasteiger charge is -2.26. The van der Waals surface area contributed by atoms with E-state index in [1.165, 1.54) is 0 Å². The summed E-state index contributed by atoms with van der Waals surface area (Å²) < 4.78 is 0. The van der Waals surface area contributed by atoms with Gasteiger partial charge in [-0.25, -0.2) is 9.97 Å². The standard InChI is InChI=1S/C11H19N3/c1-8-5-6-13-10(14-8)7-9(12)11(2,3)4/h5-6,9H,7,12H2,1-4H3. The van der Waals surface area contributed by atoms with Gasteiger partial charge in [-0.3, -0.25) is 0 Å². The van der Waals surface area contributed by atoms with Crippen LogP contribution in [0, 0.1) is 12.3 Å². The molecule has 2 N–H and O–H groups in total. The number of aryl methyl sites for hydroxylation is 1. The number of nitrogens with two attached hydrogens (primary N) is 1. The lowest BCUT2D eigenvalue weighted by molar-refractivity contribution is 0.315. The Bertz CT molecular complexity index is 302. The molecule has 1 aromatic rings. The third kappa shape index (κ3) is 3.07. The first-order valence-electron chi connectivity index (χ1n) is 4.93. The third-order valence-corrected chi connectivity index (χ3v) is 2.36. The fourth-order valence-electron chi connectivity index (χ4n) is 1.10. The van der Waals surface area contributed by atoms with Crippen molar-refractivity contribution in [2.24, 2.45) is 11.1 Å². The molecule has 0 amide bonds. The Labute approximate surface area is 85.8 Å². The Morgan fingerprint density at radius 3 is 2.57 bits per heavy atom. The smallest absolute Gasteiger partial charge is 0.130 e. The predicted molar refractivity (Wildman–Crippen MR) is 57.9 cm³/mol. The summed E-state index contributed by atoms with van der Waals surface area (Å²) in [6.45, 7) is 8.36. The Morgan fingerprint density at radius 1 is 1.43 bits per heavy atom. The zero-order chi connectivity index (χ0) is 10.8. The molecule has 1 aromatic heterocycles. The second-order valence-corrected chi connectivity index (χ2v) is 4.79. The van der Waals surface area contributed by atoms with Crippen LogP contribution in [0.1, 0.15) is 32.3 Å². The summed E-state index contributed by atoms with van der Waals surface area (Å²) in [4.78, 5) is 8.54. The number of rotatable bonds is 2. The van der Waals surface area contributed by atoms with Crippen molar-refractivity contribution in [1.29, 1.82) is 0 Å². The van der Waals surface area contributed by atoms with E-state index < -0.39 is 0 Å². The van der Waals surface area contributed by atoms with Crippen molar-refractivity contribution < 1.29 is 0 Å². The van der Waals surface area contributed by atoms with Gasteiger partial charge in [-0.05, 0) is 18.4 Å². The Morgan fingerprint density at radius 2 is 2.07 bits per heavy atom. The van der Waals surface area contributed by atoms with Crippen LogP contribution in [0.3, 0.4) is 0 Å². The van der Waals surface area contributed by atoms with E-state index in [4.69, 9.17) is 5.73 Å². The maximum Gasteiger partial charge on any atom is 0.130 e. The first-order valence-corrected chi connectivity index (χ1v) is 4.93. The van der Waals surface area contributed by atoms with Gasteiger partial charge in [0, 0.05) is 24.4 Å². The highest BCUT2D eigenvalue weighted by molar-refractivity contribution is 5.01. The van der Waals surface area contributed by atoms with Crippen LogP contribution in [0.15, 0.2) is 12.3 Å². The highest BCUT2D eigenvalue weighted by Crippen LogP contribution is 2.19. The van der Waals surface area contributed by atoms with Gasteiger partial charge < -0.3 is 5.73 Å². The normalized spacial score (nSPS) is 14.1. The second kappa shape index (κ2) is 4.05. The largest absolute Gasteiger partial charge is 0.327 e. The highest BCUT2D eigenvalue weighted by atomic mass is 14.9. The fraction of sp³-hybridized carbons (Fsp3) is 0.636. The van der Waals surface area contributed by atoms with Gasteiger partial charge >= 0.3 is 0 Å². The minimum Gasteiger partial charge on any atom is -0.327 e. The quantitative estimate of drug-likeness (QED) is 0.777. The Balaban J connectivity index is 2.70. The van der Waals surface area contributed by atoms with Crippen LogP contribution < -0.4 is 5.73 Å².